The Bertz CT molecular complexity index is 934. The molecule has 0 radical (unpaired) electrons. The van der Waals surface area contributed by atoms with E-state index in [2.05, 4.69) is 30.7 Å². The first-order valence-corrected chi connectivity index (χ1v) is 8.26. The van der Waals surface area contributed by atoms with Crippen LogP contribution in [0, 0.1) is 0 Å². The van der Waals surface area contributed by atoms with Crippen molar-refractivity contribution in [2.75, 3.05) is 19.0 Å². The molecule has 3 aromatic rings. The van der Waals surface area contributed by atoms with E-state index < -0.39 is 0 Å². The van der Waals surface area contributed by atoms with Crippen LogP contribution in [0.25, 0.3) is 11.0 Å². The lowest BCUT2D eigenvalue weighted by Crippen LogP contribution is -2.31. The first-order valence-electron chi connectivity index (χ1n) is 8.26. The molecule has 4 rings (SSSR count). The molecular weight excluding hydrogens is 318 g/mol. The van der Waals surface area contributed by atoms with E-state index in [9.17, 15) is 4.79 Å². The van der Waals surface area contributed by atoms with Crippen molar-refractivity contribution in [2.45, 2.75) is 25.3 Å². The van der Waals surface area contributed by atoms with Crippen LogP contribution >= 0.6 is 0 Å². The average molecular weight is 337 g/mol. The highest BCUT2D eigenvalue weighted by Crippen LogP contribution is 2.29. The molecule has 0 saturated heterocycles. The Balaban J connectivity index is 1.58. The number of anilines is 1. The molecule has 2 heterocycles. The van der Waals surface area contributed by atoms with Gasteiger partial charge in [0.15, 0.2) is 0 Å². The van der Waals surface area contributed by atoms with Crippen molar-refractivity contribution in [3.8, 4) is 0 Å². The van der Waals surface area contributed by atoms with E-state index in [1.165, 1.54) is 0 Å². The van der Waals surface area contributed by atoms with Crippen molar-refractivity contribution in [3.05, 3.63) is 41.2 Å². The third-order valence-corrected chi connectivity index (χ3v) is 4.45. The summed E-state index contributed by atoms with van der Waals surface area (Å²) in [6.45, 7) is 0. The molecule has 128 valence electrons. The number of carbonyl (C=O) groups excluding carboxylic acids is 1. The summed E-state index contributed by atoms with van der Waals surface area (Å²) in [5.74, 6) is 0.571. The minimum atomic E-state index is -0.126. The van der Waals surface area contributed by atoms with Crippen LogP contribution in [0.2, 0.25) is 0 Å². The number of aromatic nitrogens is 5. The molecule has 1 aromatic carbocycles. The van der Waals surface area contributed by atoms with Gasteiger partial charge in [0, 0.05) is 31.4 Å². The third-order valence-electron chi connectivity index (χ3n) is 4.45. The Kier molecular flexibility index (Phi) is 3.79. The molecule has 1 unspecified atom stereocenters. The highest BCUT2D eigenvalue weighted by molar-refractivity contribution is 5.97. The number of hydrogen-bond acceptors (Lipinski definition) is 6. The van der Waals surface area contributed by atoms with Gasteiger partial charge >= 0.3 is 0 Å². The summed E-state index contributed by atoms with van der Waals surface area (Å²) in [6.07, 6.45) is 4.62. The molecule has 0 spiro atoms. The number of H-pyrrole nitrogens is 1. The van der Waals surface area contributed by atoms with Crippen molar-refractivity contribution < 1.29 is 4.79 Å². The number of benzene rings is 1. The predicted molar refractivity (Wildman–Crippen MR) is 93.4 cm³/mol. The average Bonchev–Trinajstić information content (AvgIpc) is 3.09. The van der Waals surface area contributed by atoms with E-state index in [1.807, 2.05) is 25.2 Å². The van der Waals surface area contributed by atoms with Gasteiger partial charge in [-0.3, -0.25) is 4.79 Å². The van der Waals surface area contributed by atoms with Crippen LogP contribution in [0.1, 0.15) is 40.5 Å². The monoisotopic (exact) mass is 337 g/mol. The standard InChI is InChI=1S/C17H19N7O/c1-24(2)17-18-9-11-12(4-3-5-13(11)20-17)19-16(25)10-6-7-14-15(8-10)22-23-21-14/h6-9,12H,3-5H2,1-2H3,(H,19,25)(H,21,22,23). The zero-order valence-corrected chi connectivity index (χ0v) is 14.2. The summed E-state index contributed by atoms with van der Waals surface area (Å²) < 4.78 is 0. The largest absolute Gasteiger partial charge is 0.347 e. The number of aromatic amines is 1. The third kappa shape index (κ3) is 2.90. The highest BCUT2D eigenvalue weighted by Gasteiger charge is 2.24. The lowest BCUT2D eigenvalue weighted by atomic mass is 9.92. The fourth-order valence-corrected chi connectivity index (χ4v) is 3.12. The summed E-state index contributed by atoms with van der Waals surface area (Å²) in [5, 5.41) is 13.7. The van der Waals surface area contributed by atoms with Gasteiger partial charge in [-0.1, -0.05) is 0 Å². The maximum atomic E-state index is 12.6. The van der Waals surface area contributed by atoms with E-state index in [0.717, 1.165) is 36.0 Å². The van der Waals surface area contributed by atoms with Gasteiger partial charge in [0.2, 0.25) is 5.95 Å². The van der Waals surface area contributed by atoms with Crippen LogP contribution < -0.4 is 10.2 Å². The van der Waals surface area contributed by atoms with Gasteiger partial charge in [0.1, 0.15) is 11.0 Å². The number of nitrogens with one attached hydrogen (secondary N) is 2. The second-order valence-electron chi connectivity index (χ2n) is 6.41. The van der Waals surface area contributed by atoms with Crippen molar-refractivity contribution in [2.24, 2.45) is 0 Å². The van der Waals surface area contributed by atoms with Crippen LogP contribution in [0.4, 0.5) is 5.95 Å². The topological polar surface area (TPSA) is 99.7 Å². The number of nitrogens with zero attached hydrogens (tertiary/aromatic N) is 5. The predicted octanol–water partition coefficient (Wildman–Crippen LogP) is 1.62. The molecular formula is C17H19N7O. The molecule has 0 saturated carbocycles. The molecule has 2 N–H and O–H groups in total. The lowest BCUT2D eigenvalue weighted by Gasteiger charge is -2.26. The van der Waals surface area contributed by atoms with E-state index >= 15 is 0 Å². The van der Waals surface area contributed by atoms with Gasteiger partial charge < -0.3 is 10.2 Å². The summed E-state index contributed by atoms with van der Waals surface area (Å²) in [6, 6.07) is 5.22. The first-order chi connectivity index (χ1) is 12.1. The van der Waals surface area contributed by atoms with Gasteiger partial charge in [0.25, 0.3) is 5.91 Å². The summed E-state index contributed by atoms with van der Waals surface area (Å²) >= 11 is 0. The molecule has 0 bridgehead atoms. The molecule has 8 nitrogen and oxygen atoms in total. The molecule has 2 aromatic heterocycles. The number of carbonyl (C=O) groups is 1. The number of rotatable bonds is 3. The molecule has 1 amide bonds. The molecule has 0 fully saturated rings. The van der Waals surface area contributed by atoms with Crippen molar-refractivity contribution in [1.29, 1.82) is 0 Å². The zero-order chi connectivity index (χ0) is 17.4. The van der Waals surface area contributed by atoms with E-state index in [0.29, 0.717) is 17.0 Å². The highest BCUT2D eigenvalue weighted by atomic mass is 16.1. The smallest absolute Gasteiger partial charge is 0.251 e. The Morgan fingerprint density at radius 3 is 2.96 bits per heavy atom. The summed E-state index contributed by atoms with van der Waals surface area (Å²) in [7, 11) is 3.84. The van der Waals surface area contributed by atoms with Gasteiger partial charge in [-0.2, -0.15) is 15.4 Å². The van der Waals surface area contributed by atoms with Crippen LogP contribution in [0.15, 0.2) is 24.4 Å². The minimum Gasteiger partial charge on any atom is -0.347 e. The first kappa shape index (κ1) is 15.5. The number of aryl methyl sites for hydroxylation is 1. The Hall–Kier alpha value is -3.03. The van der Waals surface area contributed by atoms with Crippen LogP contribution in [-0.4, -0.2) is 45.4 Å². The van der Waals surface area contributed by atoms with Gasteiger partial charge in [-0.15, -0.1) is 0 Å². The summed E-state index contributed by atoms with van der Waals surface area (Å²) in [5.41, 5.74) is 4.01. The number of hydrogen-bond donors (Lipinski definition) is 2. The van der Waals surface area contributed by atoms with E-state index in [4.69, 9.17) is 0 Å². The summed E-state index contributed by atoms with van der Waals surface area (Å²) in [4.78, 5) is 23.5. The quantitative estimate of drug-likeness (QED) is 0.753. The number of amides is 1. The minimum absolute atomic E-state index is 0.0690. The fraction of sp³-hybridized carbons (Fsp3) is 0.353. The van der Waals surface area contributed by atoms with Gasteiger partial charge in [0.05, 0.1) is 11.7 Å². The van der Waals surface area contributed by atoms with Crippen molar-refractivity contribution >= 4 is 22.9 Å². The van der Waals surface area contributed by atoms with Crippen molar-refractivity contribution in [3.63, 3.8) is 0 Å². The number of fused-ring (bicyclic) bond motifs is 2. The SMILES string of the molecule is CN(C)c1ncc2c(n1)CCCC2NC(=O)c1ccc2n[nH]nc2c1. The zero-order valence-electron chi connectivity index (χ0n) is 14.2. The molecule has 25 heavy (non-hydrogen) atoms. The van der Waals surface area contributed by atoms with Crippen LogP contribution in [-0.2, 0) is 6.42 Å². The Morgan fingerprint density at radius 1 is 1.28 bits per heavy atom. The molecule has 1 aliphatic rings. The molecule has 1 atom stereocenters. The van der Waals surface area contributed by atoms with Crippen LogP contribution in [0.3, 0.4) is 0 Å². The second-order valence-corrected chi connectivity index (χ2v) is 6.41. The van der Waals surface area contributed by atoms with Crippen LogP contribution in [0.5, 0.6) is 0 Å². The van der Waals surface area contributed by atoms with Crippen molar-refractivity contribution in [1.82, 2.24) is 30.7 Å². The fourth-order valence-electron chi connectivity index (χ4n) is 3.12. The normalized spacial score (nSPS) is 16.5. The van der Waals surface area contributed by atoms with E-state index in [1.54, 1.807) is 18.2 Å². The Morgan fingerprint density at radius 2 is 2.12 bits per heavy atom. The second kappa shape index (κ2) is 6.12. The Labute approximate surface area is 144 Å². The molecule has 1 aliphatic carbocycles. The lowest BCUT2D eigenvalue weighted by molar-refractivity contribution is 0.0932. The molecule has 0 aliphatic heterocycles. The van der Waals surface area contributed by atoms with E-state index in [-0.39, 0.29) is 11.9 Å². The van der Waals surface area contributed by atoms with Gasteiger partial charge in [-0.25, -0.2) is 9.97 Å². The maximum Gasteiger partial charge on any atom is 0.251 e. The molecule has 8 heteroatoms. The maximum absolute atomic E-state index is 12.6. The van der Waals surface area contributed by atoms with Gasteiger partial charge in [-0.05, 0) is 37.5 Å².